The summed E-state index contributed by atoms with van der Waals surface area (Å²) in [6.07, 6.45) is 1.77. The number of amides is 1. The van der Waals surface area contributed by atoms with Gasteiger partial charge in [0.2, 0.25) is 0 Å². The van der Waals surface area contributed by atoms with Crippen molar-refractivity contribution in [2.45, 2.75) is 18.9 Å². The predicted molar refractivity (Wildman–Crippen MR) is 82.3 cm³/mol. The van der Waals surface area contributed by atoms with Gasteiger partial charge in [-0.2, -0.15) is 0 Å². The average Bonchev–Trinajstić information content (AvgIpc) is 2.52. The maximum absolute atomic E-state index is 12.1. The molecule has 0 saturated carbocycles. The molecule has 1 aliphatic heterocycles. The summed E-state index contributed by atoms with van der Waals surface area (Å²) in [4.78, 5) is 13.9. The molecular formula is C15H20BrNO4. The smallest absolute Gasteiger partial charge is 0.260 e. The van der Waals surface area contributed by atoms with Crippen molar-refractivity contribution in [3.8, 4) is 5.75 Å². The summed E-state index contributed by atoms with van der Waals surface area (Å²) < 4.78 is 11.9. The second-order valence-electron chi connectivity index (χ2n) is 4.92. The third kappa shape index (κ3) is 5.30. The quantitative estimate of drug-likeness (QED) is 0.843. The van der Waals surface area contributed by atoms with Crippen LogP contribution in [0, 0.1) is 0 Å². The molecule has 0 radical (unpaired) electrons. The van der Waals surface area contributed by atoms with Crippen molar-refractivity contribution in [3.05, 3.63) is 28.7 Å². The summed E-state index contributed by atoms with van der Waals surface area (Å²) in [5, 5.41) is 8.72. The van der Waals surface area contributed by atoms with E-state index < -0.39 is 0 Å². The lowest BCUT2D eigenvalue weighted by atomic mass is 10.1. The molecule has 1 aliphatic rings. The number of piperidine rings is 1. The summed E-state index contributed by atoms with van der Waals surface area (Å²) in [7, 11) is 0. The topological polar surface area (TPSA) is 59.0 Å². The normalized spacial score (nSPS) is 16.0. The van der Waals surface area contributed by atoms with Crippen molar-refractivity contribution < 1.29 is 19.4 Å². The van der Waals surface area contributed by atoms with Gasteiger partial charge in [-0.3, -0.25) is 4.79 Å². The number of halogens is 1. The Labute approximate surface area is 133 Å². The largest absolute Gasteiger partial charge is 0.484 e. The first kappa shape index (κ1) is 16.3. The number of aliphatic hydroxyl groups excluding tert-OH is 1. The summed E-state index contributed by atoms with van der Waals surface area (Å²) in [6, 6.07) is 7.41. The van der Waals surface area contributed by atoms with Crippen molar-refractivity contribution in [1.29, 1.82) is 0 Å². The van der Waals surface area contributed by atoms with E-state index in [-0.39, 0.29) is 25.2 Å². The molecule has 1 fully saturated rings. The molecule has 1 N–H and O–H groups in total. The van der Waals surface area contributed by atoms with E-state index in [2.05, 4.69) is 15.9 Å². The Morgan fingerprint density at radius 3 is 2.57 bits per heavy atom. The van der Waals surface area contributed by atoms with Gasteiger partial charge >= 0.3 is 0 Å². The van der Waals surface area contributed by atoms with E-state index >= 15 is 0 Å². The number of carbonyl (C=O) groups is 1. The van der Waals surface area contributed by atoms with Gasteiger partial charge in [-0.25, -0.2) is 0 Å². The van der Waals surface area contributed by atoms with Crippen LogP contribution in [-0.4, -0.2) is 54.9 Å². The Morgan fingerprint density at radius 1 is 1.29 bits per heavy atom. The van der Waals surface area contributed by atoms with Crippen LogP contribution < -0.4 is 4.74 Å². The third-order valence-electron chi connectivity index (χ3n) is 3.42. The van der Waals surface area contributed by atoms with E-state index in [1.807, 2.05) is 24.3 Å². The Balaban J connectivity index is 1.71. The number of nitrogens with zero attached hydrogens (tertiary/aromatic N) is 1. The Kier molecular flexibility index (Phi) is 6.48. The van der Waals surface area contributed by atoms with Crippen LogP contribution in [0.5, 0.6) is 5.75 Å². The predicted octanol–water partition coefficient (Wildman–Crippen LogP) is 1.83. The van der Waals surface area contributed by atoms with Gasteiger partial charge in [-0.05, 0) is 37.1 Å². The number of ether oxygens (including phenoxy) is 2. The SMILES string of the molecule is O=C(COc1ccc(Br)cc1)N1CCC(OCCO)CC1. The van der Waals surface area contributed by atoms with Crippen LogP contribution in [0.25, 0.3) is 0 Å². The molecule has 1 heterocycles. The standard InChI is InChI=1S/C15H20BrNO4/c16-12-1-3-13(4-2-12)21-11-15(19)17-7-5-14(6-8-17)20-10-9-18/h1-4,14,18H,5-11H2. The van der Waals surface area contributed by atoms with E-state index in [0.717, 1.165) is 17.3 Å². The van der Waals surface area contributed by atoms with Gasteiger partial charge < -0.3 is 19.5 Å². The van der Waals surface area contributed by atoms with Gasteiger partial charge in [0.15, 0.2) is 6.61 Å². The molecular weight excluding hydrogens is 338 g/mol. The molecule has 21 heavy (non-hydrogen) atoms. The first-order valence-corrected chi connectivity index (χ1v) is 7.87. The monoisotopic (exact) mass is 357 g/mol. The van der Waals surface area contributed by atoms with Crippen molar-refractivity contribution in [3.63, 3.8) is 0 Å². The Bertz CT molecular complexity index is 443. The molecule has 0 atom stereocenters. The van der Waals surface area contributed by atoms with Crippen LogP contribution in [0.2, 0.25) is 0 Å². The van der Waals surface area contributed by atoms with Crippen molar-refractivity contribution >= 4 is 21.8 Å². The highest BCUT2D eigenvalue weighted by Gasteiger charge is 2.23. The number of hydrogen-bond donors (Lipinski definition) is 1. The second kappa shape index (κ2) is 8.36. The first-order valence-electron chi connectivity index (χ1n) is 7.07. The summed E-state index contributed by atoms with van der Waals surface area (Å²) in [5.41, 5.74) is 0. The van der Waals surface area contributed by atoms with Gasteiger partial charge in [0, 0.05) is 17.6 Å². The summed E-state index contributed by atoms with van der Waals surface area (Å²) in [6.45, 7) is 1.83. The molecule has 6 heteroatoms. The fourth-order valence-corrected chi connectivity index (χ4v) is 2.52. The maximum atomic E-state index is 12.1. The molecule has 0 aliphatic carbocycles. The van der Waals surface area contributed by atoms with E-state index in [4.69, 9.17) is 14.6 Å². The van der Waals surface area contributed by atoms with Crippen LogP contribution in [0.1, 0.15) is 12.8 Å². The van der Waals surface area contributed by atoms with Gasteiger partial charge in [-0.1, -0.05) is 15.9 Å². The minimum atomic E-state index is -0.00136. The van der Waals surface area contributed by atoms with Crippen molar-refractivity contribution in [2.24, 2.45) is 0 Å². The van der Waals surface area contributed by atoms with Crippen LogP contribution in [0.3, 0.4) is 0 Å². The zero-order chi connectivity index (χ0) is 15.1. The fraction of sp³-hybridized carbons (Fsp3) is 0.533. The molecule has 1 amide bonds. The molecule has 1 saturated heterocycles. The second-order valence-corrected chi connectivity index (χ2v) is 5.83. The molecule has 0 spiro atoms. The Morgan fingerprint density at radius 2 is 1.95 bits per heavy atom. The molecule has 1 aromatic carbocycles. The minimum absolute atomic E-state index is 0.00136. The zero-order valence-electron chi connectivity index (χ0n) is 11.8. The number of hydrogen-bond acceptors (Lipinski definition) is 4. The zero-order valence-corrected chi connectivity index (χ0v) is 13.4. The van der Waals surface area contributed by atoms with Gasteiger partial charge in [0.25, 0.3) is 5.91 Å². The van der Waals surface area contributed by atoms with Crippen LogP contribution in [0.4, 0.5) is 0 Å². The Hall–Kier alpha value is -1.11. The van der Waals surface area contributed by atoms with E-state index in [9.17, 15) is 4.79 Å². The molecule has 5 nitrogen and oxygen atoms in total. The maximum Gasteiger partial charge on any atom is 0.260 e. The highest BCUT2D eigenvalue weighted by molar-refractivity contribution is 9.10. The summed E-state index contributed by atoms with van der Waals surface area (Å²) >= 11 is 3.35. The molecule has 1 aromatic rings. The number of rotatable bonds is 6. The average molecular weight is 358 g/mol. The lowest BCUT2D eigenvalue weighted by molar-refractivity contribution is -0.136. The summed E-state index contributed by atoms with van der Waals surface area (Å²) in [5.74, 6) is 0.686. The van der Waals surface area contributed by atoms with Gasteiger partial charge in [-0.15, -0.1) is 0 Å². The van der Waals surface area contributed by atoms with Gasteiger partial charge in [0.05, 0.1) is 19.3 Å². The van der Waals surface area contributed by atoms with Crippen molar-refractivity contribution in [2.75, 3.05) is 32.9 Å². The number of likely N-dealkylation sites (tertiary alicyclic amines) is 1. The molecule has 2 rings (SSSR count). The van der Waals surface area contributed by atoms with Crippen LogP contribution in [-0.2, 0) is 9.53 Å². The van der Waals surface area contributed by atoms with E-state index in [0.29, 0.717) is 25.4 Å². The third-order valence-corrected chi connectivity index (χ3v) is 3.94. The number of benzene rings is 1. The van der Waals surface area contributed by atoms with Gasteiger partial charge in [0.1, 0.15) is 5.75 Å². The van der Waals surface area contributed by atoms with Crippen LogP contribution >= 0.6 is 15.9 Å². The first-order chi connectivity index (χ1) is 10.2. The number of aliphatic hydroxyl groups is 1. The van der Waals surface area contributed by atoms with Crippen molar-refractivity contribution in [1.82, 2.24) is 4.90 Å². The molecule has 116 valence electrons. The lowest BCUT2D eigenvalue weighted by Crippen LogP contribution is -2.43. The minimum Gasteiger partial charge on any atom is -0.484 e. The molecule has 0 aromatic heterocycles. The highest BCUT2D eigenvalue weighted by atomic mass is 79.9. The van der Waals surface area contributed by atoms with E-state index in [1.54, 1.807) is 4.90 Å². The molecule has 0 bridgehead atoms. The lowest BCUT2D eigenvalue weighted by Gasteiger charge is -2.31. The van der Waals surface area contributed by atoms with E-state index in [1.165, 1.54) is 0 Å². The highest BCUT2D eigenvalue weighted by Crippen LogP contribution is 2.17. The fourth-order valence-electron chi connectivity index (χ4n) is 2.26. The number of carbonyl (C=O) groups excluding carboxylic acids is 1. The molecule has 0 unspecified atom stereocenters. The van der Waals surface area contributed by atoms with Crippen LogP contribution in [0.15, 0.2) is 28.7 Å².